The van der Waals surface area contributed by atoms with Gasteiger partial charge in [0.15, 0.2) is 5.03 Å². The van der Waals surface area contributed by atoms with Crippen molar-refractivity contribution in [2.45, 2.75) is 45.2 Å². The summed E-state index contributed by atoms with van der Waals surface area (Å²) in [5.41, 5.74) is 3.85. The quantitative estimate of drug-likeness (QED) is 0.513. The molecule has 3 heterocycles. The van der Waals surface area contributed by atoms with E-state index >= 15 is 0 Å². The monoisotopic (exact) mass is 471 g/mol. The van der Waals surface area contributed by atoms with Crippen LogP contribution in [-0.2, 0) is 33.2 Å². The molecule has 4 rings (SSSR count). The summed E-state index contributed by atoms with van der Waals surface area (Å²) in [4.78, 5) is 16.7. The van der Waals surface area contributed by atoms with Crippen LogP contribution in [0, 0.1) is 26.7 Å². The molecule has 3 aromatic rings. The number of piperidine rings is 1. The third kappa shape index (κ3) is 4.86. The van der Waals surface area contributed by atoms with Crippen LogP contribution in [0.3, 0.4) is 0 Å². The maximum Gasteiger partial charge on any atom is 0.309 e. The lowest BCUT2D eigenvalue weighted by atomic mass is 9.98. The number of esters is 1. The number of nitrogens with zero attached hydrogens (tertiary/aromatic N) is 5. The van der Waals surface area contributed by atoms with Crippen LogP contribution in [-0.4, -0.2) is 51.1 Å². The zero-order chi connectivity index (χ0) is 23.8. The molecule has 1 saturated heterocycles. The molecule has 0 atom stereocenters. The molecule has 0 unspecified atom stereocenters. The Hall–Kier alpha value is -2.98. The van der Waals surface area contributed by atoms with Crippen molar-refractivity contribution in [1.29, 1.82) is 0 Å². The summed E-state index contributed by atoms with van der Waals surface area (Å²) in [6.45, 7) is 6.45. The molecule has 0 radical (unpaired) electrons. The number of carbonyl (C=O) groups excluding carboxylic acids is 1. The van der Waals surface area contributed by atoms with Gasteiger partial charge >= 0.3 is 5.97 Å². The van der Waals surface area contributed by atoms with Gasteiger partial charge in [-0.2, -0.15) is 9.40 Å². The Kier molecular flexibility index (Phi) is 6.40. The molecule has 2 aromatic heterocycles. The average Bonchev–Trinajstić information content (AvgIpc) is 3.33. The van der Waals surface area contributed by atoms with Crippen LogP contribution in [0.5, 0.6) is 0 Å². The zero-order valence-electron chi connectivity index (χ0n) is 19.4. The molecule has 0 bridgehead atoms. The molecular weight excluding hydrogens is 442 g/mol. The molecule has 9 nitrogen and oxygen atoms in total. The second-order valence-electron chi connectivity index (χ2n) is 8.53. The first-order valence-corrected chi connectivity index (χ1v) is 12.4. The first kappa shape index (κ1) is 23.2. The fourth-order valence-electron chi connectivity index (χ4n) is 4.01. The number of imidazole rings is 1. The molecule has 0 amide bonds. The van der Waals surface area contributed by atoms with Crippen molar-refractivity contribution in [3.05, 3.63) is 59.3 Å². The van der Waals surface area contributed by atoms with Gasteiger partial charge in [-0.25, -0.2) is 18.1 Å². The van der Waals surface area contributed by atoms with E-state index in [0.717, 1.165) is 22.6 Å². The lowest BCUT2D eigenvalue weighted by Crippen LogP contribution is -2.40. The van der Waals surface area contributed by atoms with Gasteiger partial charge in [0, 0.05) is 32.0 Å². The number of aryl methyl sites for hydroxylation is 4. The highest BCUT2D eigenvalue weighted by atomic mass is 32.2. The molecule has 1 aliphatic rings. The minimum Gasteiger partial charge on any atom is -0.461 e. The highest BCUT2D eigenvalue weighted by Gasteiger charge is 2.34. The lowest BCUT2D eigenvalue weighted by molar-refractivity contribution is -0.151. The van der Waals surface area contributed by atoms with Gasteiger partial charge < -0.3 is 9.30 Å². The van der Waals surface area contributed by atoms with E-state index in [1.54, 1.807) is 18.5 Å². The third-order valence-electron chi connectivity index (χ3n) is 6.05. The normalized spacial score (nSPS) is 15.6. The first-order chi connectivity index (χ1) is 15.6. The summed E-state index contributed by atoms with van der Waals surface area (Å²) in [5.74, 6) is 0.0363. The van der Waals surface area contributed by atoms with Gasteiger partial charge in [-0.05, 0) is 57.4 Å². The molecule has 0 spiro atoms. The standard InChI is InChI=1S/C23H29N5O4S/c1-16-13-17(2)28(25-16)21-7-5-19(6-8-21)15-32-23(29)20-9-11-27(12-10-20)33(30,31)22-14-26(4)18(3)24-22/h5-8,13-14,20H,9-12,15H2,1-4H3. The van der Waals surface area contributed by atoms with Gasteiger partial charge in [-0.3, -0.25) is 4.79 Å². The topological polar surface area (TPSA) is 99.3 Å². The maximum absolute atomic E-state index is 12.8. The van der Waals surface area contributed by atoms with E-state index in [1.807, 2.05) is 48.9 Å². The van der Waals surface area contributed by atoms with Gasteiger partial charge in [0.05, 0.1) is 17.3 Å². The largest absolute Gasteiger partial charge is 0.461 e. The Labute approximate surface area is 194 Å². The van der Waals surface area contributed by atoms with Crippen molar-refractivity contribution in [3.8, 4) is 5.69 Å². The molecule has 1 aromatic carbocycles. The van der Waals surface area contributed by atoms with Gasteiger partial charge in [0.2, 0.25) is 0 Å². The number of hydrogen-bond donors (Lipinski definition) is 0. The van der Waals surface area contributed by atoms with Gasteiger partial charge in [-0.15, -0.1) is 0 Å². The molecule has 0 N–H and O–H groups in total. The number of carbonyl (C=O) groups is 1. The van der Waals surface area contributed by atoms with Gasteiger partial charge in [0.25, 0.3) is 10.0 Å². The lowest BCUT2D eigenvalue weighted by Gasteiger charge is -2.29. The van der Waals surface area contributed by atoms with E-state index in [4.69, 9.17) is 4.74 Å². The Balaban J connectivity index is 1.30. The molecular formula is C23H29N5O4S. The Bertz CT molecular complexity index is 1230. The maximum atomic E-state index is 12.8. The second-order valence-corrected chi connectivity index (χ2v) is 10.4. The predicted octanol–water partition coefficient (Wildman–Crippen LogP) is 2.68. The SMILES string of the molecule is Cc1cc(C)n(-c2ccc(COC(=O)C3CCN(S(=O)(=O)c4cn(C)c(C)n4)CC3)cc2)n1. The van der Waals surface area contributed by atoms with Crippen LogP contribution in [0.1, 0.15) is 35.6 Å². The van der Waals surface area contributed by atoms with E-state index in [0.29, 0.717) is 18.7 Å². The second kappa shape index (κ2) is 9.11. The van der Waals surface area contributed by atoms with E-state index < -0.39 is 10.0 Å². The van der Waals surface area contributed by atoms with Gasteiger partial charge in [-0.1, -0.05) is 12.1 Å². The van der Waals surface area contributed by atoms with E-state index in [2.05, 4.69) is 10.1 Å². The van der Waals surface area contributed by atoms with Crippen molar-refractivity contribution in [2.75, 3.05) is 13.1 Å². The van der Waals surface area contributed by atoms with Crippen molar-refractivity contribution in [2.24, 2.45) is 13.0 Å². The van der Waals surface area contributed by atoms with Crippen LogP contribution in [0.15, 0.2) is 41.6 Å². The molecule has 0 saturated carbocycles. The summed E-state index contributed by atoms with van der Waals surface area (Å²) in [6, 6.07) is 9.76. The molecule has 10 heteroatoms. The van der Waals surface area contributed by atoms with E-state index in [9.17, 15) is 13.2 Å². The van der Waals surface area contributed by atoms with Crippen LogP contribution < -0.4 is 0 Å². The van der Waals surface area contributed by atoms with Gasteiger partial charge in [0.1, 0.15) is 12.4 Å². The highest BCUT2D eigenvalue weighted by Crippen LogP contribution is 2.25. The first-order valence-electron chi connectivity index (χ1n) is 10.9. The van der Waals surface area contributed by atoms with Crippen molar-refractivity contribution >= 4 is 16.0 Å². The smallest absolute Gasteiger partial charge is 0.309 e. The zero-order valence-corrected chi connectivity index (χ0v) is 20.2. The Morgan fingerprint density at radius 3 is 2.33 bits per heavy atom. The van der Waals surface area contributed by atoms with Crippen molar-refractivity contribution in [3.63, 3.8) is 0 Å². The minimum atomic E-state index is -3.65. The number of ether oxygens (including phenoxy) is 1. The highest BCUT2D eigenvalue weighted by molar-refractivity contribution is 7.89. The fraction of sp³-hybridized carbons (Fsp3) is 0.435. The van der Waals surface area contributed by atoms with E-state index in [1.165, 1.54) is 10.5 Å². The molecule has 1 fully saturated rings. The summed E-state index contributed by atoms with van der Waals surface area (Å²) in [5, 5.41) is 4.52. The average molecular weight is 472 g/mol. The van der Waals surface area contributed by atoms with Crippen molar-refractivity contribution < 1.29 is 17.9 Å². The fourth-order valence-corrected chi connectivity index (χ4v) is 5.51. The molecule has 1 aliphatic heterocycles. The number of hydrogen-bond acceptors (Lipinski definition) is 6. The molecule has 176 valence electrons. The van der Waals surface area contributed by atoms with E-state index in [-0.39, 0.29) is 36.6 Å². The number of rotatable bonds is 6. The summed E-state index contributed by atoms with van der Waals surface area (Å²) < 4.78 is 36.1. The number of sulfonamides is 1. The third-order valence-corrected chi connectivity index (χ3v) is 7.82. The van der Waals surface area contributed by atoms with Crippen LogP contribution in [0.2, 0.25) is 0 Å². The summed E-state index contributed by atoms with van der Waals surface area (Å²) >= 11 is 0. The van der Waals surface area contributed by atoms with Crippen LogP contribution >= 0.6 is 0 Å². The number of benzene rings is 1. The van der Waals surface area contributed by atoms with Crippen LogP contribution in [0.4, 0.5) is 0 Å². The summed E-state index contributed by atoms with van der Waals surface area (Å²) in [6.07, 6.45) is 2.38. The Morgan fingerprint density at radius 1 is 1.12 bits per heavy atom. The predicted molar refractivity (Wildman–Crippen MR) is 122 cm³/mol. The summed E-state index contributed by atoms with van der Waals surface area (Å²) in [7, 11) is -1.89. The number of aromatic nitrogens is 4. The molecule has 33 heavy (non-hydrogen) atoms. The molecule has 0 aliphatic carbocycles. The minimum absolute atomic E-state index is 0.0486. The van der Waals surface area contributed by atoms with Crippen molar-refractivity contribution in [1.82, 2.24) is 23.6 Å². The van der Waals surface area contributed by atoms with Crippen LogP contribution in [0.25, 0.3) is 5.69 Å². The Morgan fingerprint density at radius 2 is 1.79 bits per heavy atom.